The largest absolute Gasteiger partial charge is 0.463 e. The Morgan fingerprint density at radius 1 is 1.22 bits per heavy atom. The number of aromatic nitrogens is 2. The predicted octanol–water partition coefficient (Wildman–Crippen LogP) is 7.20. The van der Waals surface area contributed by atoms with E-state index in [-0.39, 0.29) is 75.7 Å². The van der Waals surface area contributed by atoms with Crippen LogP contribution in [0.2, 0.25) is 5.02 Å². The first-order valence-electron chi connectivity index (χ1n) is 16.5. The van der Waals surface area contributed by atoms with Crippen molar-refractivity contribution in [2.24, 2.45) is 11.3 Å². The van der Waals surface area contributed by atoms with Crippen LogP contribution in [-0.4, -0.2) is 72.7 Å². The van der Waals surface area contributed by atoms with Gasteiger partial charge in [0, 0.05) is 59.2 Å². The first-order chi connectivity index (χ1) is 23.5. The predicted molar refractivity (Wildman–Crippen MR) is 179 cm³/mol. The lowest BCUT2D eigenvalue weighted by atomic mass is 9.73. The molecule has 4 aliphatic rings. The van der Waals surface area contributed by atoms with E-state index in [0.29, 0.717) is 31.6 Å². The smallest absolute Gasteiger partial charge is 0.417 e. The molecule has 3 aromatic rings. The minimum Gasteiger partial charge on any atom is -0.463 e. The molecule has 50 heavy (non-hydrogen) atoms. The Kier molecular flexibility index (Phi) is 8.43. The van der Waals surface area contributed by atoms with Crippen molar-refractivity contribution in [3.05, 3.63) is 45.7 Å². The number of aryl methyl sites for hydroxylation is 1. The second kappa shape index (κ2) is 12.2. The number of rotatable bonds is 5. The van der Waals surface area contributed by atoms with Crippen LogP contribution in [0.5, 0.6) is 6.01 Å². The summed E-state index contributed by atoms with van der Waals surface area (Å²) in [6.07, 6.45) is -5.31. The van der Waals surface area contributed by atoms with E-state index in [0.717, 1.165) is 18.9 Å². The number of ether oxygens (including phenoxy) is 1. The molecule has 4 aliphatic heterocycles. The minimum absolute atomic E-state index is 0.0133. The maximum Gasteiger partial charge on any atom is 0.417 e. The number of alkyl halides is 5. The highest BCUT2D eigenvalue weighted by molar-refractivity contribution is 6.37. The number of nitrogens with one attached hydrogen (secondary N) is 1. The molecular weight excluding hydrogens is 684 g/mol. The van der Waals surface area contributed by atoms with Gasteiger partial charge < -0.3 is 25.6 Å². The molecule has 7 rings (SSSR count). The third-order valence-electron chi connectivity index (χ3n) is 11.0. The molecule has 8 nitrogen and oxygen atoms in total. The topological polar surface area (TPSA) is 103 Å². The number of fused-ring (bicyclic) bond motifs is 5. The van der Waals surface area contributed by atoms with Crippen molar-refractivity contribution in [1.82, 2.24) is 20.2 Å². The molecule has 0 amide bonds. The lowest BCUT2D eigenvalue weighted by molar-refractivity contribution is -0.137. The highest BCUT2D eigenvalue weighted by atomic mass is 35.5. The summed E-state index contributed by atoms with van der Waals surface area (Å²) in [6.45, 7) is 8.20. The average Bonchev–Trinajstić information content (AvgIpc) is 3.36. The maximum absolute atomic E-state index is 17.3. The fourth-order valence-corrected chi connectivity index (χ4v) is 9.15. The molecule has 3 N–H and O–H groups in total. The van der Waals surface area contributed by atoms with Crippen LogP contribution in [0.15, 0.2) is 12.6 Å². The Morgan fingerprint density at radius 3 is 2.64 bits per heavy atom. The fourth-order valence-electron chi connectivity index (χ4n) is 8.74. The van der Waals surface area contributed by atoms with E-state index in [9.17, 15) is 27.2 Å². The standard InChI is InChI=1S/C35H36ClF6N7O/c1-15-10-22-21-6-5-17(45-21)12-49(22)32-26-23(15)28(36)25(24-18(11-43)20(44)9-16(2)27(24)35(40,41)42)29(37)30(26)46-33(47-32)50-14-34(3)13-48(4)8-7-19(34)31(38)39/h9,17,19,21-22,31,45H,1,5-8,10,12-14,44H2,2-4H3/t17-,19-,21+,22-,34+/m1/s1. The molecule has 0 aliphatic carbocycles. The molecule has 0 unspecified atom stereocenters. The molecule has 1 aromatic heterocycles. The third-order valence-corrected chi connectivity index (χ3v) is 11.4. The molecule has 266 valence electrons. The van der Waals surface area contributed by atoms with Crippen LogP contribution in [0.4, 0.5) is 37.8 Å². The monoisotopic (exact) mass is 719 g/mol. The lowest BCUT2D eigenvalue weighted by Crippen LogP contribution is -2.58. The van der Waals surface area contributed by atoms with Gasteiger partial charge >= 0.3 is 12.2 Å². The quantitative estimate of drug-likeness (QED) is 0.211. The van der Waals surface area contributed by atoms with E-state index in [1.54, 1.807) is 13.0 Å². The van der Waals surface area contributed by atoms with Crippen LogP contribution in [-0.2, 0) is 6.18 Å². The highest BCUT2D eigenvalue weighted by Gasteiger charge is 2.47. The van der Waals surface area contributed by atoms with Crippen LogP contribution in [0.1, 0.15) is 54.9 Å². The number of hydrogen-bond acceptors (Lipinski definition) is 8. The van der Waals surface area contributed by atoms with Crippen molar-refractivity contribution in [2.45, 2.75) is 70.3 Å². The second-order valence-electron chi connectivity index (χ2n) is 14.4. The van der Waals surface area contributed by atoms with Gasteiger partial charge in [0.05, 0.1) is 33.8 Å². The zero-order valence-electron chi connectivity index (χ0n) is 27.7. The Hall–Kier alpha value is -3.80. The molecule has 15 heteroatoms. The van der Waals surface area contributed by atoms with E-state index in [1.165, 1.54) is 6.92 Å². The van der Waals surface area contributed by atoms with E-state index in [2.05, 4.69) is 16.9 Å². The van der Waals surface area contributed by atoms with Crippen molar-refractivity contribution < 1.29 is 31.1 Å². The number of nitrogen functional groups attached to an aromatic ring is 1. The van der Waals surface area contributed by atoms with Crippen LogP contribution < -0.4 is 20.7 Å². The Balaban J connectivity index is 1.50. The molecule has 5 heterocycles. The van der Waals surface area contributed by atoms with E-state index < -0.39 is 52.0 Å². The van der Waals surface area contributed by atoms with Gasteiger partial charge in [-0.05, 0) is 63.4 Å². The number of hydrogen-bond donors (Lipinski definition) is 2. The number of anilines is 2. The van der Waals surface area contributed by atoms with E-state index >= 15 is 4.39 Å². The van der Waals surface area contributed by atoms with Crippen molar-refractivity contribution in [1.29, 1.82) is 5.26 Å². The summed E-state index contributed by atoms with van der Waals surface area (Å²) in [7, 11) is 1.83. The SMILES string of the molecule is C=C1C[C@@H]2[C@@H]3CC[C@H](CN2c2nc(OC[C@]4(C)CN(C)CC[C@@H]4C(F)F)nc4c(F)c(-c5c(C#N)c(N)cc(C)c5C(F)(F)F)c(Cl)c1c24)N3. The van der Waals surface area contributed by atoms with E-state index in [1.807, 2.05) is 16.8 Å². The van der Waals surface area contributed by atoms with Gasteiger partial charge in [0.1, 0.15) is 17.4 Å². The van der Waals surface area contributed by atoms with Crippen molar-refractivity contribution in [3.63, 3.8) is 0 Å². The van der Waals surface area contributed by atoms with Crippen molar-refractivity contribution >= 4 is 39.6 Å². The number of piperidine rings is 1. The number of nitrogens with zero attached hydrogens (tertiary/aromatic N) is 5. The Bertz CT molecular complexity index is 1970. The Morgan fingerprint density at radius 2 is 1.96 bits per heavy atom. The lowest BCUT2D eigenvalue weighted by Gasteiger charge is -2.44. The third kappa shape index (κ3) is 5.43. The summed E-state index contributed by atoms with van der Waals surface area (Å²) >= 11 is 7.00. The molecular formula is C35H36ClF6N7O. The Labute approximate surface area is 290 Å². The molecule has 3 fully saturated rings. The van der Waals surface area contributed by atoms with Crippen LogP contribution in [0, 0.1) is 35.4 Å². The zero-order chi connectivity index (χ0) is 36.0. The summed E-state index contributed by atoms with van der Waals surface area (Å²) in [5.74, 6) is -1.94. The van der Waals surface area contributed by atoms with Gasteiger partial charge in [0.2, 0.25) is 6.43 Å². The number of piperazine rings is 1. The van der Waals surface area contributed by atoms with Gasteiger partial charge in [0.15, 0.2) is 5.82 Å². The number of benzene rings is 2. The van der Waals surface area contributed by atoms with Gasteiger partial charge in [-0.2, -0.15) is 28.4 Å². The molecule has 5 atom stereocenters. The summed E-state index contributed by atoms with van der Waals surface area (Å²) in [4.78, 5) is 13.1. The van der Waals surface area contributed by atoms with E-state index in [4.69, 9.17) is 27.1 Å². The second-order valence-corrected chi connectivity index (χ2v) is 14.8. The van der Waals surface area contributed by atoms with Crippen LogP contribution >= 0.6 is 11.6 Å². The van der Waals surface area contributed by atoms with Crippen molar-refractivity contribution in [3.8, 4) is 23.2 Å². The molecule has 2 aromatic carbocycles. The fraction of sp³-hybridized carbons (Fsp3) is 0.514. The highest BCUT2D eigenvalue weighted by Crippen LogP contribution is 2.53. The molecule has 0 saturated carbocycles. The molecule has 0 spiro atoms. The molecule has 2 bridgehead atoms. The summed E-state index contributed by atoms with van der Waals surface area (Å²) in [6, 6.07) is 2.33. The number of nitrogens with two attached hydrogens (primary N) is 1. The van der Waals surface area contributed by atoms with Crippen molar-refractivity contribution in [2.75, 3.05) is 43.9 Å². The summed E-state index contributed by atoms with van der Waals surface area (Å²) in [5, 5.41) is 13.4. The molecule has 3 saturated heterocycles. The summed E-state index contributed by atoms with van der Waals surface area (Å²) in [5.41, 5.74) is 1.32. The van der Waals surface area contributed by atoms with Gasteiger partial charge in [0.25, 0.3) is 0 Å². The number of halogens is 7. The van der Waals surface area contributed by atoms with Gasteiger partial charge in [-0.1, -0.05) is 25.1 Å². The van der Waals surface area contributed by atoms with Crippen LogP contribution in [0.25, 0.3) is 27.6 Å². The summed E-state index contributed by atoms with van der Waals surface area (Å²) < 4.78 is 96.1. The maximum atomic E-state index is 17.3. The first-order valence-corrected chi connectivity index (χ1v) is 16.9. The average molecular weight is 720 g/mol. The minimum atomic E-state index is -5.02. The number of likely N-dealkylation sites (tertiary alicyclic amines) is 1. The zero-order valence-corrected chi connectivity index (χ0v) is 28.5. The molecule has 0 radical (unpaired) electrons. The van der Waals surface area contributed by atoms with Gasteiger partial charge in [-0.25, -0.2) is 13.2 Å². The number of nitriles is 1. The first kappa shape index (κ1) is 34.6. The van der Waals surface area contributed by atoms with Gasteiger partial charge in [-0.15, -0.1) is 0 Å². The van der Waals surface area contributed by atoms with Gasteiger partial charge in [-0.3, -0.25) is 0 Å². The van der Waals surface area contributed by atoms with Crippen LogP contribution in [0.3, 0.4) is 0 Å². The normalized spacial score (nSPS) is 26.7.